The van der Waals surface area contributed by atoms with Crippen molar-refractivity contribution >= 4 is 40.8 Å². The molecule has 1 aromatic carbocycles. The van der Waals surface area contributed by atoms with Gasteiger partial charge in [0, 0.05) is 11.4 Å². The molecule has 1 aromatic rings. The van der Waals surface area contributed by atoms with Crippen LogP contribution in [0.3, 0.4) is 0 Å². The summed E-state index contributed by atoms with van der Waals surface area (Å²) in [5, 5.41) is 0.932. The van der Waals surface area contributed by atoms with Gasteiger partial charge in [0.1, 0.15) is 0 Å². The van der Waals surface area contributed by atoms with Crippen molar-refractivity contribution in [1.29, 1.82) is 0 Å². The first-order valence-electron chi connectivity index (χ1n) is 11.4. The number of benzene rings is 1. The van der Waals surface area contributed by atoms with Crippen molar-refractivity contribution < 1.29 is 9.53 Å². The molecule has 0 spiro atoms. The molecular formula is C24H37Cl3O2. The minimum atomic E-state index is -0.300. The van der Waals surface area contributed by atoms with Gasteiger partial charge in [-0.2, -0.15) is 0 Å². The predicted molar refractivity (Wildman–Crippen MR) is 127 cm³/mol. The maximum atomic E-state index is 12.0. The van der Waals surface area contributed by atoms with Crippen LogP contribution >= 0.6 is 34.8 Å². The van der Waals surface area contributed by atoms with Gasteiger partial charge in [-0.1, -0.05) is 132 Å². The van der Waals surface area contributed by atoms with Gasteiger partial charge in [0.05, 0.1) is 10.0 Å². The van der Waals surface area contributed by atoms with Crippen molar-refractivity contribution in [3.05, 3.63) is 27.2 Å². The number of hydrogen-bond acceptors (Lipinski definition) is 2. The summed E-state index contributed by atoms with van der Waals surface area (Å²) in [6.45, 7) is 2.27. The van der Waals surface area contributed by atoms with Crippen LogP contribution in [0.5, 0.6) is 5.75 Å². The number of carbonyl (C=O) groups is 1. The molecule has 0 aliphatic rings. The highest BCUT2D eigenvalue weighted by Crippen LogP contribution is 2.36. The second kappa shape index (κ2) is 17.3. The van der Waals surface area contributed by atoms with Crippen LogP contribution in [0.4, 0.5) is 0 Å². The second-order valence-electron chi connectivity index (χ2n) is 7.87. The molecule has 0 saturated carbocycles. The number of esters is 1. The fraction of sp³-hybridized carbons (Fsp3) is 0.708. The van der Waals surface area contributed by atoms with Crippen LogP contribution in [0.1, 0.15) is 110 Å². The predicted octanol–water partition coefficient (Wildman–Crippen LogP) is 9.81. The molecule has 0 unspecified atom stereocenters. The smallest absolute Gasteiger partial charge is 0.311 e. The molecule has 0 radical (unpaired) electrons. The zero-order valence-electron chi connectivity index (χ0n) is 17.9. The van der Waals surface area contributed by atoms with Crippen LogP contribution in [0.15, 0.2) is 12.1 Å². The largest absolute Gasteiger partial charge is 0.423 e. The van der Waals surface area contributed by atoms with Crippen molar-refractivity contribution in [1.82, 2.24) is 0 Å². The Morgan fingerprint density at radius 1 is 0.690 bits per heavy atom. The molecule has 166 valence electrons. The summed E-state index contributed by atoms with van der Waals surface area (Å²) in [5.41, 5.74) is 0. The lowest BCUT2D eigenvalue weighted by atomic mass is 10.0. The zero-order valence-corrected chi connectivity index (χ0v) is 20.2. The number of unbranched alkanes of at least 4 members (excludes halogenated alkanes) is 14. The topological polar surface area (TPSA) is 26.3 Å². The molecule has 0 heterocycles. The quantitative estimate of drug-likeness (QED) is 0.130. The van der Waals surface area contributed by atoms with Gasteiger partial charge in [-0.05, 0) is 18.6 Å². The van der Waals surface area contributed by atoms with Crippen molar-refractivity contribution in [2.24, 2.45) is 0 Å². The fourth-order valence-electron chi connectivity index (χ4n) is 3.43. The maximum absolute atomic E-state index is 12.0. The SMILES string of the molecule is CCCCCCCCCCCCCCCCCC(=O)Oc1c(Cl)cc(Cl)cc1Cl. The third kappa shape index (κ3) is 13.5. The van der Waals surface area contributed by atoms with Gasteiger partial charge < -0.3 is 4.74 Å². The van der Waals surface area contributed by atoms with E-state index < -0.39 is 0 Å². The number of hydrogen-bond donors (Lipinski definition) is 0. The molecule has 0 saturated heterocycles. The summed E-state index contributed by atoms with van der Waals surface area (Å²) in [7, 11) is 0. The molecule has 29 heavy (non-hydrogen) atoms. The minimum Gasteiger partial charge on any atom is -0.423 e. The van der Waals surface area contributed by atoms with Crippen LogP contribution in [0.2, 0.25) is 15.1 Å². The lowest BCUT2D eigenvalue weighted by Crippen LogP contribution is -2.08. The van der Waals surface area contributed by atoms with E-state index in [1.807, 2.05) is 0 Å². The maximum Gasteiger partial charge on any atom is 0.311 e. The molecule has 1 rings (SSSR count). The summed E-state index contributed by atoms with van der Waals surface area (Å²) in [6, 6.07) is 3.04. The van der Waals surface area contributed by atoms with Gasteiger partial charge in [-0.3, -0.25) is 4.79 Å². The normalized spacial score (nSPS) is 11.0. The molecule has 2 nitrogen and oxygen atoms in total. The Morgan fingerprint density at radius 2 is 1.07 bits per heavy atom. The second-order valence-corrected chi connectivity index (χ2v) is 9.12. The Kier molecular flexibility index (Phi) is 15.8. The Morgan fingerprint density at radius 3 is 1.48 bits per heavy atom. The van der Waals surface area contributed by atoms with E-state index in [4.69, 9.17) is 39.5 Å². The number of carbonyl (C=O) groups excluding carboxylic acids is 1. The summed E-state index contributed by atoms with van der Waals surface area (Å²) >= 11 is 17.9. The van der Waals surface area contributed by atoms with Crippen molar-refractivity contribution in [2.75, 3.05) is 0 Å². The molecular weight excluding hydrogens is 427 g/mol. The van der Waals surface area contributed by atoms with Crippen LogP contribution < -0.4 is 4.74 Å². The van der Waals surface area contributed by atoms with Gasteiger partial charge in [0.25, 0.3) is 0 Å². The highest BCUT2D eigenvalue weighted by Gasteiger charge is 2.13. The fourth-order valence-corrected chi connectivity index (χ4v) is 4.33. The Labute approximate surface area is 192 Å². The summed E-state index contributed by atoms with van der Waals surface area (Å²) < 4.78 is 5.29. The van der Waals surface area contributed by atoms with Crippen LogP contribution in [0, 0.1) is 0 Å². The first kappa shape index (κ1) is 26.6. The molecule has 0 aromatic heterocycles. The lowest BCUT2D eigenvalue weighted by molar-refractivity contribution is -0.134. The molecule has 5 heteroatoms. The average Bonchev–Trinajstić information content (AvgIpc) is 2.67. The standard InChI is InChI=1S/C24H37Cl3O2/c1-2-3-4-5-6-7-8-9-10-11-12-13-14-15-16-17-23(28)29-24-21(26)18-20(25)19-22(24)27/h18-19H,2-17H2,1H3. The van der Waals surface area contributed by atoms with E-state index >= 15 is 0 Å². The van der Waals surface area contributed by atoms with E-state index in [1.54, 1.807) is 0 Å². The van der Waals surface area contributed by atoms with E-state index in [0.717, 1.165) is 12.8 Å². The van der Waals surface area contributed by atoms with E-state index in [9.17, 15) is 4.79 Å². The third-order valence-electron chi connectivity index (χ3n) is 5.16. The Hall–Kier alpha value is -0.440. The van der Waals surface area contributed by atoms with Gasteiger partial charge in [0.15, 0.2) is 5.75 Å². The van der Waals surface area contributed by atoms with Gasteiger partial charge >= 0.3 is 5.97 Å². The van der Waals surface area contributed by atoms with E-state index in [1.165, 1.54) is 95.6 Å². The molecule has 0 N–H and O–H groups in total. The monoisotopic (exact) mass is 462 g/mol. The van der Waals surface area contributed by atoms with E-state index in [0.29, 0.717) is 11.4 Å². The third-order valence-corrected chi connectivity index (χ3v) is 5.94. The first-order valence-corrected chi connectivity index (χ1v) is 12.5. The van der Waals surface area contributed by atoms with Crippen molar-refractivity contribution in [2.45, 2.75) is 110 Å². The average molecular weight is 464 g/mol. The number of rotatable bonds is 17. The summed E-state index contributed by atoms with van der Waals surface area (Å²) in [4.78, 5) is 12.0. The molecule has 0 atom stereocenters. The number of ether oxygens (including phenoxy) is 1. The van der Waals surface area contributed by atoms with E-state index in [2.05, 4.69) is 6.92 Å². The van der Waals surface area contributed by atoms with Crippen LogP contribution in [-0.2, 0) is 4.79 Å². The van der Waals surface area contributed by atoms with Gasteiger partial charge in [-0.25, -0.2) is 0 Å². The number of halogens is 3. The Balaban J connectivity index is 1.93. The van der Waals surface area contributed by atoms with E-state index in [-0.39, 0.29) is 21.8 Å². The molecule has 0 aliphatic heterocycles. The van der Waals surface area contributed by atoms with Crippen LogP contribution in [-0.4, -0.2) is 5.97 Å². The first-order chi connectivity index (χ1) is 14.0. The highest BCUT2D eigenvalue weighted by molar-refractivity contribution is 6.40. The van der Waals surface area contributed by atoms with Gasteiger partial charge in [0.2, 0.25) is 0 Å². The molecule has 0 bridgehead atoms. The molecule has 0 aliphatic carbocycles. The minimum absolute atomic E-state index is 0.198. The van der Waals surface area contributed by atoms with Crippen molar-refractivity contribution in [3.8, 4) is 5.75 Å². The Bertz CT molecular complexity index is 552. The zero-order chi connectivity index (χ0) is 21.3. The summed E-state index contributed by atoms with van der Waals surface area (Å²) in [6.07, 6.45) is 19.9. The van der Waals surface area contributed by atoms with Gasteiger partial charge in [-0.15, -0.1) is 0 Å². The molecule has 0 fully saturated rings. The highest BCUT2D eigenvalue weighted by atomic mass is 35.5. The van der Waals surface area contributed by atoms with Crippen LogP contribution in [0.25, 0.3) is 0 Å². The lowest BCUT2D eigenvalue weighted by Gasteiger charge is -2.08. The van der Waals surface area contributed by atoms with Crippen molar-refractivity contribution in [3.63, 3.8) is 0 Å². The molecule has 0 amide bonds. The summed E-state index contributed by atoms with van der Waals surface area (Å²) in [5.74, 6) is -0.102.